The van der Waals surface area contributed by atoms with Crippen LogP contribution in [-0.4, -0.2) is 30.0 Å². The molecule has 28 heavy (non-hydrogen) atoms. The lowest BCUT2D eigenvalue weighted by Gasteiger charge is -2.13. The Labute approximate surface area is 178 Å². The molecule has 1 amide bonds. The van der Waals surface area contributed by atoms with Gasteiger partial charge >= 0.3 is 0 Å². The fourth-order valence-corrected chi connectivity index (χ4v) is 3.60. The van der Waals surface area contributed by atoms with Crippen LogP contribution in [0.1, 0.15) is 73.1 Å². The van der Waals surface area contributed by atoms with E-state index in [2.05, 4.69) is 70.1 Å². The third-order valence-corrected chi connectivity index (χ3v) is 5.45. The molecule has 4 heteroatoms. The summed E-state index contributed by atoms with van der Waals surface area (Å²) in [7, 11) is 0. The summed E-state index contributed by atoms with van der Waals surface area (Å²) >= 11 is 1.88. The summed E-state index contributed by atoms with van der Waals surface area (Å²) in [5.41, 5.74) is 4.34. The second kappa shape index (κ2) is 17.7. The summed E-state index contributed by atoms with van der Waals surface area (Å²) in [5, 5.41) is 6.08. The summed E-state index contributed by atoms with van der Waals surface area (Å²) in [4.78, 5) is 11.8. The van der Waals surface area contributed by atoms with E-state index in [0.29, 0.717) is 6.42 Å². The van der Waals surface area contributed by atoms with Gasteiger partial charge in [-0.15, -0.1) is 0 Å². The molecule has 2 N–H and O–H groups in total. The van der Waals surface area contributed by atoms with Crippen molar-refractivity contribution in [1.29, 1.82) is 0 Å². The number of hydrogen-bond acceptors (Lipinski definition) is 3. The molecule has 0 aromatic rings. The van der Waals surface area contributed by atoms with Crippen LogP contribution in [0.15, 0.2) is 47.7 Å². The van der Waals surface area contributed by atoms with Crippen molar-refractivity contribution in [3.05, 3.63) is 47.7 Å². The third kappa shape index (κ3) is 18.0. The van der Waals surface area contributed by atoms with Gasteiger partial charge in [0.05, 0.1) is 0 Å². The van der Waals surface area contributed by atoms with E-state index in [1.165, 1.54) is 16.7 Å². The first-order valence-electron chi connectivity index (χ1n) is 10.5. The average Bonchev–Trinajstić information content (AvgIpc) is 2.62. The summed E-state index contributed by atoms with van der Waals surface area (Å²) in [5.74, 6) is 2.10. The van der Waals surface area contributed by atoms with Gasteiger partial charge in [-0.3, -0.25) is 4.79 Å². The second-order valence-corrected chi connectivity index (χ2v) is 8.80. The van der Waals surface area contributed by atoms with Gasteiger partial charge in [0.1, 0.15) is 0 Å². The molecule has 0 spiro atoms. The van der Waals surface area contributed by atoms with Crippen molar-refractivity contribution in [1.82, 2.24) is 10.6 Å². The molecule has 0 saturated heterocycles. The molecule has 3 nitrogen and oxygen atoms in total. The van der Waals surface area contributed by atoms with E-state index in [1.54, 1.807) is 6.20 Å². The summed E-state index contributed by atoms with van der Waals surface area (Å²) in [6.45, 7) is 15.2. The normalized spacial score (nSPS) is 13.0. The van der Waals surface area contributed by atoms with Crippen molar-refractivity contribution in [2.75, 3.05) is 18.1 Å². The number of hydrogen-bond donors (Lipinski definition) is 2. The molecule has 0 aromatic carbocycles. The Morgan fingerprint density at radius 3 is 2.29 bits per heavy atom. The van der Waals surface area contributed by atoms with Crippen molar-refractivity contribution in [2.45, 2.75) is 79.2 Å². The molecular weight excluding hydrogens is 364 g/mol. The lowest BCUT2D eigenvalue weighted by Crippen LogP contribution is -2.34. The van der Waals surface area contributed by atoms with Gasteiger partial charge in [0.15, 0.2) is 0 Å². The summed E-state index contributed by atoms with van der Waals surface area (Å²) in [6, 6.07) is 0.213. The molecule has 0 aliphatic carbocycles. The Hall–Kier alpha value is -1.42. The average molecular weight is 407 g/mol. The predicted octanol–water partition coefficient (Wildman–Crippen LogP) is 6.16. The zero-order valence-electron chi connectivity index (χ0n) is 18.8. The number of thioether (sulfide) groups is 1. The molecule has 0 heterocycles. The van der Waals surface area contributed by atoms with Crippen molar-refractivity contribution in [3.63, 3.8) is 0 Å². The minimum absolute atomic E-state index is 0.137. The van der Waals surface area contributed by atoms with Crippen LogP contribution in [0.25, 0.3) is 0 Å². The molecule has 0 bridgehead atoms. The Morgan fingerprint density at radius 1 is 1.00 bits per heavy atom. The molecule has 160 valence electrons. The number of rotatable bonds is 16. The molecular formula is C24H42N2OS. The standard InChI is InChI=1S/C24H42N2OS/c1-7-25-17-10-15-24(27)26-23(6)19-28-18-16-22(5)14-9-13-21(4)12-8-11-20(2)3/h7,11,13,16,23,25H,1,8-10,12,14-15,17-19H2,2-6H3,(H,26,27)/b21-13+,22-16+. The summed E-state index contributed by atoms with van der Waals surface area (Å²) in [6.07, 6.45) is 14.6. The van der Waals surface area contributed by atoms with Crippen LogP contribution in [0.2, 0.25) is 0 Å². The van der Waals surface area contributed by atoms with Gasteiger partial charge in [-0.25, -0.2) is 0 Å². The maximum absolute atomic E-state index is 11.8. The van der Waals surface area contributed by atoms with E-state index in [4.69, 9.17) is 0 Å². The molecule has 1 unspecified atom stereocenters. The predicted molar refractivity (Wildman–Crippen MR) is 128 cm³/mol. The number of carbonyl (C=O) groups is 1. The van der Waals surface area contributed by atoms with Crippen LogP contribution in [-0.2, 0) is 4.79 Å². The fourth-order valence-electron chi connectivity index (χ4n) is 2.63. The zero-order chi connectivity index (χ0) is 21.2. The van der Waals surface area contributed by atoms with Gasteiger partial charge in [-0.1, -0.05) is 41.5 Å². The molecule has 0 aliphatic rings. The van der Waals surface area contributed by atoms with Gasteiger partial charge in [-0.2, -0.15) is 11.8 Å². The van der Waals surface area contributed by atoms with Gasteiger partial charge in [0.2, 0.25) is 5.91 Å². The van der Waals surface area contributed by atoms with Crippen molar-refractivity contribution < 1.29 is 4.79 Å². The SMILES string of the molecule is C=CNCCCC(=O)NC(C)CSC/C=C(\C)CC/C=C(\C)CCC=C(C)C. The number of carbonyl (C=O) groups excluding carboxylic acids is 1. The Balaban J connectivity index is 3.86. The fraction of sp³-hybridized carbons (Fsp3) is 0.625. The van der Waals surface area contributed by atoms with E-state index in [1.807, 2.05) is 11.8 Å². The van der Waals surface area contributed by atoms with Crippen LogP contribution >= 0.6 is 11.8 Å². The van der Waals surface area contributed by atoms with Crippen LogP contribution in [0.5, 0.6) is 0 Å². The molecule has 0 radical (unpaired) electrons. The molecule has 0 rings (SSSR count). The Kier molecular flexibility index (Phi) is 16.8. The lowest BCUT2D eigenvalue weighted by atomic mass is 10.1. The maximum Gasteiger partial charge on any atom is 0.220 e. The van der Waals surface area contributed by atoms with E-state index in [0.717, 1.165) is 50.2 Å². The molecule has 0 aromatic heterocycles. The van der Waals surface area contributed by atoms with Crippen molar-refractivity contribution >= 4 is 17.7 Å². The van der Waals surface area contributed by atoms with E-state index >= 15 is 0 Å². The maximum atomic E-state index is 11.8. The van der Waals surface area contributed by atoms with Crippen molar-refractivity contribution in [2.24, 2.45) is 0 Å². The highest BCUT2D eigenvalue weighted by atomic mass is 32.2. The largest absolute Gasteiger partial charge is 0.391 e. The Morgan fingerprint density at radius 2 is 1.64 bits per heavy atom. The highest BCUT2D eigenvalue weighted by Crippen LogP contribution is 2.13. The van der Waals surface area contributed by atoms with Crippen LogP contribution in [0.3, 0.4) is 0 Å². The van der Waals surface area contributed by atoms with Crippen LogP contribution in [0, 0.1) is 0 Å². The number of nitrogens with one attached hydrogen (secondary N) is 2. The van der Waals surface area contributed by atoms with Crippen LogP contribution in [0.4, 0.5) is 0 Å². The van der Waals surface area contributed by atoms with E-state index in [-0.39, 0.29) is 11.9 Å². The first-order valence-corrected chi connectivity index (χ1v) is 11.7. The Bertz CT molecular complexity index is 531. The third-order valence-electron chi connectivity index (χ3n) is 4.32. The second-order valence-electron chi connectivity index (χ2n) is 7.73. The number of allylic oxidation sites excluding steroid dienone is 5. The van der Waals surface area contributed by atoms with Crippen molar-refractivity contribution in [3.8, 4) is 0 Å². The molecule has 0 fully saturated rings. The minimum Gasteiger partial charge on any atom is -0.391 e. The lowest BCUT2D eigenvalue weighted by molar-refractivity contribution is -0.121. The molecule has 0 saturated carbocycles. The van der Waals surface area contributed by atoms with Crippen LogP contribution < -0.4 is 10.6 Å². The van der Waals surface area contributed by atoms with E-state index < -0.39 is 0 Å². The first kappa shape index (κ1) is 26.6. The molecule has 0 aliphatic heterocycles. The topological polar surface area (TPSA) is 41.1 Å². The number of amides is 1. The first-order chi connectivity index (χ1) is 13.3. The highest BCUT2D eigenvalue weighted by Gasteiger charge is 2.06. The highest BCUT2D eigenvalue weighted by molar-refractivity contribution is 7.99. The smallest absolute Gasteiger partial charge is 0.220 e. The van der Waals surface area contributed by atoms with Gasteiger partial charge in [0, 0.05) is 30.5 Å². The monoisotopic (exact) mass is 406 g/mol. The quantitative estimate of drug-likeness (QED) is 0.238. The van der Waals surface area contributed by atoms with E-state index in [9.17, 15) is 4.79 Å². The zero-order valence-corrected chi connectivity index (χ0v) is 19.6. The minimum atomic E-state index is 0.137. The van der Waals surface area contributed by atoms with Gasteiger partial charge in [0.25, 0.3) is 0 Å². The summed E-state index contributed by atoms with van der Waals surface area (Å²) < 4.78 is 0. The molecule has 1 atom stereocenters. The van der Waals surface area contributed by atoms with Gasteiger partial charge < -0.3 is 10.6 Å². The van der Waals surface area contributed by atoms with Gasteiger partial charge in [-0.05, 0) is 72.9 Å².